The molecular formula is C61H73B15N2S. The van der Waals surface area contributed by atoms with Crippen LogP contribution < -0.4 is 102 Å². The second kappa shape index (κ2) is 18.0. The predicted octanol–water partition coefficient (Wildman–Crippen LogP) is -9.06. The first-order chi connectivity index (χ1) is 36.9. The lowest BCUT2D eigenvalue weighted by Gasteiger charge is -2.46. The number of rotatable bonds is 4. The molecule has 79 heavy (non-hydrogen) atoms. The van der Waals surface area contributed by atoms with Crippen LogP contribution in [0.3, 0.4) is 0 Å². The molecule has 0 bridgehead atoms. The quantitative estimate of drug-likeness (QED) is 0.162. The molecule has 378 valence electrons. The third-order valence-corrected chi connectivity index (χ3v) is 23.4. The van der Waals surface area contributed by atoms with Crippen LogP contribution in [0.4, 0.5) is 34.1 Å². The average molecular weight is 1030 g/mol. The van der Waals surface area contributed by atoms with E-state index in [0.29, 0.717) is 0 Å². The zero-order valence-corrected chi connectivity index (χ0v) is 53.3. The van der Waals surface area contributed by atoms with Gasteiger partial charge in [-0.2, -0.15) is 0 Å². The van der Waals surface area contributed by atoms with Crippen molar-refractivity contribution < 1.29 is 0 Å². The molecule has 12 rings (SSSR count). The number of fused-ring (bicyclic) bond motifs is 8. The lowest BCUT2D eigenvalue weighted by molar-refractivity contribution is 0.332. The summed E-state index contributed by atoms with van der Waals surface area (Å²) in [6, 6.07) is 25.7. The summed E-state index contributed by atoms with van der Waals surface area (Å²) in [5.74, 6) is 0. The highest BCUT2D eigenvalue weighted by molar-refractivity contribution is 7.33. The van der Waals surface area contributed by atoms with Gasteiger partial charge in [-0.3, -0.25) is 0 Å². The van der Waals surface area contributed by atoms with Crippen LogP contribution in [-0.2, 0) is 21.7 Å². The minimum Gasteiger partial charge on any atom is -0.313 e. The van der Waals surface area contributed by atoms with Crippen molar-refractivity contribution in [1.82, 2.24) is 0 Å². The topological polar surface area (TPSA) is 6.48 Å². The summed E-state index contributed by atoms with van der Waals surface area (Å²) in [5.41, 5.74) is 43.3. The number of hydrogen-bond donors (Lipinski definition) is 0. The number of benzene rings is 7. The Labute approximate surface area is 491 Å². The van der Waals surface area contributed by atoms with Gasteiger partial charge >= 0.3 is 0 Å². The van der Waals surface area contributed by atoms with Crippen molar-refractivity contribution in [1.29, 1.82) is 0 Å². The summed E-state index contributed by atoms with van der Waals surface area (Å²) in [5, 5.41) is 1.40. The number of hydrogen-bond acceptors (Lipinski definition) is 3. The van der Waals surface area contributed by atoms with Gasteiger partial charge in [0.05, 0.1) is 5.69 Å². The summed E-state index contributed by atoms with van der Waals surface area (Å²) < 4.78 is 2.86. The van der Waals surface area contributed by atoms with Crippen LogP contribution in [0.2, 0.25) is 0 Å². The van der Waals surface area contributed by atoms with Gasteiger partial charge < -0.3 is 9.80 Å². The summed E-state index contributed by atoms with van der Waals surface area (Å²) in [6.45, 7) is 22.2. The molecule has 0 saturated carbocycles. The molecule has 2 nitrogen and oxygen atoms in total. The maximum absolute atomic E-state index is 2.77. The van der Waals surface area contributed by atoms with Crippen molar-refractivity contribution >= 4 is 264 Å². The highest BCUT2D eigenvalue weighted by Gasteiger charge is 2.48. The van der Waals surface area contributed by atoms with Gasteiger partial charge in [-0.25, -0.2) is 0 Å². The molecule has 0 N–H and O–H groups in total. The molecular weight excluding hydrogens is 955 g/mol. The molecule has 4 aliphatic rings. The highest BCUT2D eigenvalue weighted by atomic mass is 32.1. The maximum Gasteiger partial charge on any atom is 0.264 e. The Kier molecular flexibility index (Phi) is 12.5. The first kappa shape index (κ1) is 54.7. The molecule has 0 saturated heterocycles. The highest BCUT2D eigenvalue weighted by Crippen LogP contribution is 2.54. The van der Waals surface area contributed by atoms with Gasteiger partial charge in [0.1, 0.15) is 110 Å². The van der Waals surface area contributed by atoms with Crippen LogP contribution in [0, 0.1) is 6.92 Å². The van der Waals surface area contributed by atoms with Crippen LogP contribution in [0.1, 0.15) is 109 Å². The molecule has 0 atom stereocenters. The normalized spacial score (nSPS) is 17.0. The van der Waals surface area contributed by atoms with Crippen LogP contribution in [0.5, 0.6) is 0 Å². The molecule has 0 fully saturated rings. The SMILES string of the molecule is Bc1c(B)c(B)c(-c2ccc3c(c2)B2c4sc5cc6c(cc5c4N(c4ccc5c(c4)C(C)(C)CCC5(C)C)c4cc(C)cc(c42)N3c2c(B)c(B)c(-c3c(B)c(B)c(B)c(B)c3B)c(B)c2B)C(C)(C)CCC6(C)C)c(B)c1B. The lowest BCUT2D eigenvalue weighted by Crippen LogP contribution is -2.61. The van der Waals surface area contributed by atoms with E-state index in [4.69, 9.17) is 0 Å². The lowest BCUT2D eigenvalue weighted by atomic mass is 9.36. The van der Waals surface area contributed by atoms with Gasteiger partial charge in [0.25, 0.3) is 6.71 Å². The second-order valence-corrected chi connectivity index (χ2v) is 29.4. The fraction of sp³-hybridized carbons (Fsp3) is 0.279. The van der Waals surface area contributed by atoms with E-state index in [1.165, 1.54) is 212 Å². The molecule has 0 amide bonds. The van der Waals surface area contributed by atoms with Gasteiger partial charge in [0.15, 0.2) is 0 Å². The Balaban J connectivity index is 1.23. The number of anilines is 6. The number of aryl methyl sites for hydroxylation is 1. The van der Waals surface area contributed by atoms with Gasteiger partial charge in [-0.1, -0.05) is 117 Å². The van der Waals surface area contributed by atoms with Crippen molar-refractivity contribution in [3.05, 3.63) is 88.5 Å². The molecule has 3 heterocycles. The van der Waals surface area contributed by atoms with Crippen molar-refractivity contribution in [2.24, 2.45) is 0 Å². The number of nitrogens with zero attached hydrogens (tertiary/aromatic N) is 2. The van der Waals surface area contributed by atoms with E-state index in [9.17, 15) is 0 Å². The monoisotopic (exact) mass is 1030 g/mol. The smallest absolute Gasteiger partial charge is 0.264 e. The van der Waals surface area contributed by atoms with Crippen LogP contribution in [-0.4, -0.2) is 117 Å². The molecule has 7 aromatic carbocycles. The minimum absolute atomic E-state index is 0.00522. The molecule has 1 aromatic heterocycles. The van der Waals surface area contributed by atoms with Gasteiger partial charge in [-0.15, -0.1) is 44.1 Å². The zero-order valence-electron chi connectivity index (χ0n) is 52.5. The summed E-state index contributed by atoms with van der Waals surface area (Å²) >= 11 is 2.08. The number of thiophene rings is 1. The van der Waals surface area contributed by atoms with E-state index in [-0.39, 0.29) is 28.4 Å². The molecule has 18 heteroatoms. The second-order valence-electron chi connectivity index (χ2n) is 28.3. The minimum atomic E-state index is 0.00522. The third-order valence-electron chi connectivity index (χ3n) is 22.2. The molecule has 2 aliphatic carbocycles. The molecule has 8 aromatic rings. The van der Waals surface area contributed by atoms with Crippen molar-refractivity contribution in [3.63, 3.8) is 0 Å². The predicted molar refractivity (Wildman–Crippen MR) is 397 cm³/mol. The first-order valence-electron chi connectivity index (χ1n) is 29.8. The third kappa shape index (κ3) is 7.69. The van der Waals surface area contributed by atoms with E-state index in [2.05, 4.69) is 254 Å². The fourth-order valence-corrected chi connectivity index (χ4v) is 17.2. The van der Waals surface area contributed by atoms with E-state index < -0.39 is 0 Å². The fourth-order valence-electron chi connectivity index (χ4n) is 15.9. The largest absolute Gasteiger partial charge is 0.313 e. The molecule has 2 aliphatic heterocycles. The zero-order chi connectivity index (χ0) is 57.0. The summed E-state index contributed by atoms with van der Waals surface area (Å²) in [7, 11) is 33.0. The Morgan fingerprint density at radius 1 is 0.405 bits per heavy atom. The van der Waals surface area contributed by atoms with E-state index in [1.54, 1.807) is 0 Å². The molecule has 0 unspecified atom stereocenters. The Morgan fingerprint density at radius 3 is 1.35 bits per heavy atom. The Hall–Kier alpha value is -4.93. The molecule has 0 radical (unpaired) electrons. The van der Waals surface area contributed by atoms with Gasteiger partial charge in [-0.05, 0) is 158 Å². The standard InChI is InChI=1S/C61H73B15N2S/c1-24-18-34-54-35(19-24)78(56-52(74)44(66)39(45(67)53(56)75)38-42(64)48(70)51(73)49(71)43(38)65)33-13-10-25(37-40(62)46(68)50(72)47(69)41(37)63)20-32(33)76(54)57-55(27-22-30-31(23-36(27)79-57)61(8,9)17-16-60(30,6)7)77(34)26-11-12-28-29(21-26)59(4,5)15-14-58(28,2)3/h10-13,18-23H,14-17,62-75H2,1-9H3. The van der Waals surface area contributed by atoms with Gasteiger partial charge in [0, 0.05) is 43.3 Å². The Morgan fingerprint density at radius 2 is 0.835 bits per heavy atom. The van der Waals surface area contributed by atoms with Crippen molar-refractivity contribution in [2.45, 2.75) is 110 Å². The van der Waals surface area contributed by atoms with Crippen LogP contribution in [0.15, 0.2) is 60.7 Å². The summed E-state index contributed by atoms with van der Waals surface area (Å²) in [6.07, 6.45) is 4.75. The van der Waals surface area contributed by atoms with Crippen molar-refractivity contribution in [2.75, 3.05) is 9.80 Å². The maximum atomic E-state index is 2.77. The Bertz CT molecular complexity index is 3990. The van der Waals surface area contributed by atoms with E-state index in [1.807, 2.05) is 0 Å². The average Bonchev–Trinajstić information content (AvgIpc) is 4.07. The van der Waals surface area contributed by atoms with Crippen LogP contribution in [0.25, 0.3) is 32.3 Å². The van der Waals surface area contributed by atoms with Gasteiger partial charge in [0.2, 0.25) is 0 Å². The van der Waals surface area contributed by atoms with Crippen LogP contribution >= 0.6 is 11.3 Å². The summed E-state index contributed by atoms with van der Waals surface area (Å²) in [4.78, 5) is 5.51. The van der Waals surface area contributed by atoms with E-state index >= 15 is 0 Å². The van der Waals surface area contributed by atoms with Crippen molar-refractivity contribution in [3.8, 4) is 22.3 Å². The van der Waals surface area contributed by atoms with E-state index in [0.717, 1.165) is 0 Å². The molecule has 0 spiro atoms. The first-order valence-corrected chi connectivity index (χ1v) is 30.6.